The lowest BCUT2D eigenvalue weighted by atomic mass is 10.1. The van der Waals surface area contributed by atoms with Gasteiger partial charge in [0.05, 0.1) is 0 Å². The molecule has 0 heterocycles. The lowest BCUT2D eigenvalue weighted by Gasteiger charge is -1.95. The van der Waals surface area contributed by atoms with Gasteiger partial charge in [0.15, 0.2) is 0 Å². The van der Waals surface area contributed by atoms with Gasteiger partial charge in [-0.1, -0.05) is 33.6 Å². The molecule has 0 rings (SSSR count). The molecule has 0 bridgehead atoms. The maximum absolute atomic E-state index is 8.74. The van der Waals surface area contributed by atoms with E-state index in [4.69, 9.17) is 17.5 Å². The Hall–Kier alpha value is -0.130. The topological polar surface area (TPSA) is 74.6 Å². The fourth-order valence-electron chi connectivity index (χ4n) is 0.577. The minimum absolute atomic E-state index is 0.898. The Labute approximate surface area is 68.2 Å². The molecule has 0 aromatic carbocycles. The van der Waals surface area contributed by atoms with Gasteiger partial charge >= 0.3 is 10.4 Å². The lowest BCUT2D eigenvalue weighted by molar-refractivity contribution is 0.381. The maximum atomic E-state index is 8.74. The van der Waals surface area contributed by atoms with Crippen molar-refractivity contribution in [2.75, 3.05) is 0 Å². The van der Waals surface area contributed by atoms with Gasteiger partial charge in [-0.2, -0.15) is 8.42 Å². The minimum atomic E-state index is -4.67. The lowest BCUT2D eigenvalue weighted by Crippen LogP contribution is -1.89. The van der Waals surface area contributed by atoms with Crippen molar-refractivity contribution in [3.05, 3.63) is 0 Å². The van der Waals surface area contributed by atoms with Gasteiger partial charge in [-0.15, -0.1) is 0 Å². The molecule has 0 aliphatic rings. The van der Waals surface area contributed by atoms with Gasteiger partial charge < -0.3 is 0 Å². The van der Waals surface area contributed by atoms with E-state index in [1.54, 1.807) is 0 Å². The summed E-state index contributed by atoms with van der Waals surface area (Å²) in [5.74, 6) is 0.898. The van der Waals surface area contributed by atoms with Crippen molar-refractivity contribution in [1.82, 2.24) is 0 Å². The summed E-state index contributed by atoms with van der Waals surface area (Å²) >= 11 is 0. The molecule has 0 aliphatic carbocycles. The highest BCUT2D eigenvalue weighted by molar-refractivity contribution is 7.79. The first-order chi connectivity index (χ1) is 4.77. The molecular weight excluding hydrogens is 168 g/mol. The molecule has 4 nitrogen and oxygen atoms in total. The van der Waals surface area contributed by atoms with Crippen molar-refractivity contribution >= 4 is 10.4 Å². The Morgan fingerprint density at radius 2 is 1.55 bits per heavy atom. The Kier molecular flexibility index (Phi) is 8.04. The maximum Gasteiger partial charge on any atom is 0.394 e. The fourth-order valence-corrected chi connectivity index (χ4v) is 0.577. The van der Waals surface area contributed by atoms with Gasteiger partial charge in [0.25, 0.3) is 0 Å². The van der Waals surface area contributed by atoms with E-state index >= 15 is 0 Å². The molecule has 11 heavy (non-hydrogen) atoms. The zero-order valence-electron chi connectivity index (χ0n) is 7.11. The van der Waals surface area contributed by atoms with E-state index < -0.39 is 10.4 Å². The zero-order valence-corrected chi connectivity index (χ0v) is 7.93. The minimum Gasteiger partial charge on any atom is -0.264 e. The smallest absolute Gasteiger partial charge is 0.264 e. The van der Waals surface area contributed by atoms with Crippen molar-refractivity contribution in [3.63, 3.8) is 0 Å². The second-order valence-electron chi connectivity index (χ2n) is 2.63. The molecule has 0 aliphatic heterocycles. The molecule has 0 atom stereocenters. The van der Waals surface area contributed by atoms with Crippen LogP contribution in [0.1, 0.15) is 33.6 Å². The molecule has 0 spiro atoms. The molecular formula is C6H16O4S. The van der Waals surface area contributed by atoms with Crippen molar-refractivity contribution in [1.29, 1.82) is 0 Å². The molecule has 0 amide bonds. The summed E-state index contributed by atoms with van der Waals surface area (Å²) in [5.41, 5.74) is 0. The van der Waals surface area contributed by atoms with Crippen LogP contribution in [-0.4, -0.2) is 17.5 Å². The van der Waals surface area contributed by atoms with E-state index in [2.05, 4.69) is 20.8 Å². The average molecular weight is 184 g/mol. The molecule has 5 heteroatoms. The Morgan fingerprint density at radius 1 is 1.27 bits per heavy atom. The van der Waals surface area contributed by atoms with Crippen LogP contribution < -0.4 is 0 Å². The predicted molar refractivity (Wildman–Crippen MR) is 43.9 cm³/mol. The van der Waals surface area contributed by atoms with Crippen molar-refractivity contribution in [3.8, 4) is 0 Å². The standard InChI is InChI=1S/C6H14.H2O4S/c1-4-5-6(2)3;1-5(2,3)4/h6H,4-5H2,1-3H3;(H2,1,2,3,4). The summed E-state index contributed by atoms with van der Waals surface area (Å²) in [6.45, 7) is 6.73. The molecule has 2 N–H and O–H groups in total. The summed E-state index contributed by atoms with van der Waals surface area (Å²) in [6.07, 6.45) is 2.71. The predicted octanol–water partition coefficient (Wildman–Crippen LogP) is 1.79. The van der Waals surface area contributed by atoms with Gasteiger partial charge in [-0.3, -0.25) is 9.11 Å². The van der Waals surface area contributed by atoms with Crippen LogP contribution in [0.3, 0.4) is 0 Å². The van der Waals surface area contributed by atoms with Gasteiger partial charge in [-0.05, 0) is 5.92 Å². The van der Waals surface area contributed by atoms with Crippen molar-refractivity contribution in [2.24, 2.45) is 5.92 Å². The summed E-state index contributed by atoms with van der Waals surface area (Å²) < 4.78 is 31.6. The van der Waals surface area contributed by atoms with E-state index in [1.807, 2.05) is 0 Å². The summed E-state index contributed by atoms with van der Waals surface area (Å²) in [5, 5.41) is 0. The highest BCUT2D eigenvalue weighted by Gasteiger charge is 1.85. The first-order valence-electron chi connectivity index (χ1n) is 3.47. The third-order valence-electron chi connectivity index (χ3n) is 0.866. The monoisotopic (exact) mass is 184 g/mol. The van der Waals surface area contributed by atoms with E-state index in [1.165, 1.54) is 12.8 Å². The van der Waals surface area contributed by atoms with E-state index in [9.17, 15) is 0 Å². The van der Waals surface area contributed by atoms with Crippen LogP contribution in [0.5, 0.6) is 0 Å². The van der Waals surface area contributed by atoms with Crippen LogP contribution in [0, 0.1) is 5.92 Å². The second-order valence-corrected chi connectivity index (χ2v) is 3.53. The Morgan fingerprint density at radius 3 is 1.55 bits per heavy atom. The largest absolute Gasteiger partial charge is 0.394 e. The van der Waals surface area contributed by atoms with Gasteiger partial charge in [0.1, 0.15) is 0 Å². The normalized spacial score (nSPS) is 10.7. The summed E-state index contributed by atoms with van der Waals surface area (Å²) in [6, 6.07) is 0. The van der Waals surface area contributed by atoms with Crippen LogP contribution in [0.2, 0.25) is 0 Å². The van der Waals surface area contributed by atoms with Crippen molar-refractivity contribution in [2.45, 2.75) is 33.6 Å². The molecule has 0 aromatic heterocycles. The van der Waals surface area contributed by atoms with Crippen LogP contribution in [0.4, 0.5) is 0 Å². The van der Waals surface area contributed by atoms with Gasteiger partial charge in [-0.25, -0.2) is 0 Å². The highest BCUT2D eigenvalue weighted by Crippen LogP contribution is 2.00. The molecule has 0 fully saturated rings. The summed E-state index contributed by atoms with van der Waals surface area (Å²) in [7, 11) is -4.67. The molecule has 0 saturated heterocycles. The quantitative estimate of drug-likeness (QED) is 0.641. The first-order valence-corrected chi connectivity index (χ1v) is 4.87. The first kappa shape index (κ1) is 13.5. The van der Waals surface area contributed by atoms with Crippen LogP contribution in [0.15, 0.2) is 0 Å². The number of hydrogen-bond donors (Lipinski definition) is 2. The van der Waals surface area contributed by atoms with Crippen LogP contribution in [-0.2, 0) is 10.4 Å². The molecule has 70 valence electrons. The van der Waals surface area contributed by atoms with Crippen LogP contribution >= 0.6 is 0 Å². The van der Waals surface area contributed by atoms with Gasteiger partial charge in [0, 0.05) is 0 Å². The summed E-state index contributed by atoms with van der Waals surface area (Å²) in [4.78, 5) is 0. The molecule has 0 saturated carbocycles. The van der Waals surface area contributed by atoms with E-state index in [0.717, 1.165) is 5.92 Å². The number of hydrogen-bond acceptors (Lipinski definition) is 2. The highest BCUT2D eigenvalue weighted by atomic mass is 32.3. The van der Waals surface area contributed by atoms with Crippen LogP contribution in [0.25, 0.3) is 0 Å². The Bertz CT molecular complexity index is 151. The Balaban J connectivity index is 0. The van der Waals surface area contributed by atoms with Gasteiger partial charge in [0.2, 0.25) is 0 Å². The fraction of sp³-hybridized carbons (Fsp3) is 1.00. The average Bonchev–Trinajstić information content (AvgIpc) is 1.58. The zero-order chi connectivity index (χ0) is 9.49. The molecule has 0 unspecified atom stereocenters. The SMILES string of the molecule is CCCC(C)C.O=S(=O)(O)O. The molecule has 0 radical (unpaired) electrons. The third kappa shape index (κ3) is 74.2. The number of rotatable bonds is 2. The second kappa shape index (κ2) is 6.57. The van der Waals surface area contributed by atoms with Crippen molar-refractivity contribution < 1.29 is 17.5 Å². The third-order valence-corrected chi connectivity index (χ3v) is 0.866. The van der Waals surface area contributed by atoms with E-state index in [-0.39, 0.29) is 0 Å². The van der Waals surface area contributed by atoms with E-state index in [0.29, 0.717) is 0 Å². The molecule has 0 aromatic rings.